The quantitative estimate of drug-likeness (QED) is 0.894. The van der Waals surface area contributed by atoms with Crippen LogP contribution in [-0.2, 0) is 17.8 Å². The smallest absolute Gasteiger partial charge is 0.153 e. The van der Waals surface area contributed by atoms with E-state index in [4.69, 9.17) is 0 Å². The van der Waals surface area contributed by atoms with Gasteiger partial charge >= 0.3 is 0 Å². The lowest BCUT2D eigenvalue weighted by Crippen LogP contribution is -2.45. The lowest BCUT2D eigenvalue weighted by Gasteiger charge is -2.34. The van der Waals surface area contributed by atoms with Crippen LogP contribution in [0, 0.1) is 17.8 Å². The summed E-state index contributed by atoms with van der Waals surface area (Å²) in [7, 11) is 0. The topological polar surface area (TPSA) is 29.1 Å². The van der Waals surface area contributed by atoms with E-state index < -0.39 is 0 Å². The van der Waals surface area contributed by atoms with Crippen LogP contribution in [0.3, 0.4) is 0 Å². The van der Waals surface area contributed by atoms with Crippen molar-refractivity contribution >= 4 is 5.78 Å². The zero-order valence-electron chi connectivity index (χ0n) is 12.6. The molecule has 1 aromatic rings. The Morgan fingerprint density at radius 2 is 1.85 bits per heavy atom. The molecule has 4 atom stereocenters. The van der Waals surface area contributed by atoms with E-state index in [0.717, 1.165) is 31.7 Å². The molecule has 1 aliphatic carbocycles. The number of hydrogen-bond acceptors (Lipinski definition) is 2. The van der Waals surface area contributed by atoms with E-state index in [9.17, 15) is 4.79 Å². The molecule has 20 heavy (non-hydrogen) atoms. The van der Waals surface area contributed by atoms with Crippen LogP contribution >= 0.6 is 0 Å². The van der Waals surface area contributed by atoms with E-state index in [2.05, 4.69) is 43.4 Å². The van der Waals surface area contributed by atoms with Gasteiger partial charge < -0.3 is 5.32 Å². The highest BCUT2D eigenvalue weighted by Crippen LogP contribution is 2.34. The molecule has 1 aromatic carbocycles. The monoisotopic (exact) mass is 271 g/mol. The van der Waals surface area contributed by atoms with Crippen LogP contribution in [0.2, 0.25) is 0 Å². The number of carbonyl (C=O) groups excluding carboxylic acids is 1. The third kappa shape index (κ3) is 2.67. The number of carbonyl (C=O) groups is 1. The maximum absolute atomic E-state index is 12.8. The first kappa shape index (κ1) is 13.8. The Hall–Kier alpha value is -1.15. The van der Waals surface area contributed by atoms with Gasteiger partial charge in [0.05, 0.1) is 6.04 Å². The van der Waals surface area contributed by atoms with Crippen molar-refractivity contribution in [2.24, 2.45) is 17.8 Å². The maximum atomic E-state index is 12.8. The van der Waals surface area contributed by atoms with Gasteiger partial charge in [-0.25, -0.2) is 0 Å². The Kier molecular flexibility index (Phi) is 3.93. The molecule has 2 nitrogen and oxygen atoms in total. The molecule has 1 N–H and O–H groups in total. The number of Topliss-reactive ketones (excluding diaryl/α,β-unsaturated/α-hetero) is 1. The molecule has 2 aliphatic rings. The number of fused-ring (bicyclic) bond motifs is 1. The summed E-state index contributed by atoms with van der Waals surface area (Å²) in [5, 5.41) is 3.45. The molecular formula is C18H25NO. The number of nitrogens with one attached hydrogen (secondary N) is 1. The fraction of sp³-hybridized carbons (Fsp3) is 0.611. The van der Waals surface area contributed by atoms with Crippen molar-refractivity contribution in [2.45, 2.75) is 52.1 Å². The largest absolute Gasteiger partial charge is 0.303 e. The van der Waals surface area contributed by atoms with Gasteiger partial charge in [-0.1, -0.05) is 38.1 Å². The van der Waals surface area contributed by atoms with E-state index in [1.165, 1.54) is 17.5 Å². The van der Waals surface area contributed by atoms with Crippen LogP contribution in [-0.4, -0.2) is 11.8 Å². The summed E-state index contributed by atoms with van der Waals surface area (Å²) < 4.78 is 0. The summed E-state index contributed by atoms with van der Waals surface area (Å²) in [6.45, 7) is 5.46. The second kappa shape index (κ2) is 5.69. The van der Waals surface area contributed by atoms with Crippen LogP contribution in [0.1, 0.15) is 44.2 Å². The minimum Gasteiger partial charge on any atom is -0.303 e. The number of hydrogen-bond donors (Lipinski definition) is 1. The molecule has 0 bridgehead atoms. The molecule has 0 aromatic heterocycles. The average Bonchev–Trinajstić information content (AvgIpc) is 2.49. The van der Waals surface area contributed by atoms with Gasteiger partial charge in [0.1, 0.15) is 0 Å². The Morgan fingerprint density at radius 1 is 1.10 bits per heavy atom. The first-order valence-electron chi connectivity index (χ1n) is 7.99. The Balaban J connectivity index is 1.67. The van der Waals surface area contributed by atoms with E-state index in [1.54, 1.807) is 0 Å². The van der Waals surface area contributed by atoms with E-state index in [-0.39, 0.29) is 12.0 Å². The molecule has 0 radical (unpaired) electrons. The molecule has 1 aliphatic heterocycles. The minimum absolute atomic E-state index is 0.0375. The number of ketones is 1. The molecule has 0 saturated heterocycles. The minimum atomic E-state index is 0.0375. The van der Waals surface area contributed by atoms with Gasteiger partial charge in [0.2, 0.25) is 0 Å². The standard InChI is InChI=1S/C18H25NO/c1-12-7-8-15(9-13(12)2)18(20)17-10-14-5-3-4-6-16(14)11-19-17/h3-6,12-13,15,17,19H,7-11H2,1-2H3. The van der Waals surface area contributed by atoms with Crippen molar-refractivity contribution in [1.82, 2.24) is 5.32 Å². The Morgan fingerprint density at radius 3 is 2.60 bits per heavy atom. The molecule has 1 fully saturated rings. The first-order chi connectivity index (χ1) is 9.65. The lowest BCUT2D eigenvalue weighted by atomic mass is 9.72. The highest BCUT2D eigenvalue weighted by molar-refractivity contribution is 5.87. The summed E-state index contributed by atoms with van der Waals surface area (Å²) in [6, 6.07) is 8.52. The molecule has 4 unspecified atom stereocenters. The van der Waals surface area contributed by atoms with Gasteiger partial charge in [-0.2, -0.15) is 0 Å². The maximum Gasteiger partial charge on any atom is 0.153 e. The zero-order chi connectivity index (χ0) is 14.1. The summed E-state index contributed by atoms with van der Waals surface area (Å²) in [4.78, 5) is 12.8. The summed E-state index contributed by atoms with van der Waals surface area (Å²) in [5.74, 6) is 2.20. The van der Waals surface area contributed by atoms with Gasteiger partial charge in [0, 0.05) is 12.5 Å². The van der Waals surface area contributed by atoms with Gasteiger partial charge in [-0.15, -0.1) is 0 Å². The molecule has 0 amide bonds. The molecule has 1 saturated carbocycles. The zero-order valence-corrected chi connectivity index (χ0v) is 12.6. The Labute approximate surface area is 122 Å². The van der Waals surface area contributed by atoms with Crippen molar-refractivity contribution in [1.29, 1.82) is 0 Å². The van der Waals surface area contributed by atoms with Gasteiger partial charge in [0.25, 0.3) is 0 Å². The van der Waals surface area contributed by atoms with Crippen molar-refractivity contribution in [2.75, 3.05) is 0 Å². The SMILES string of the molecule is CC1CCC(C(=O)C2Cc3ccccc3CN2)CC1C. The molecule has 0 spiro atoms. The predicted octanol–water partition coefficient (Wildman–Crippen LogP) is 3.34. The molecule has 1 heterocycles. The van der Waals surface area contributed by atoms with E-state index in [0.29, 0.717) is 11.7 Å². The van der Waals surface area contributed by atoms with Crippen molar-refractivity contribution < 1.29 is 4.79 Å². The highest BCUT2D eigenvalue weighted by atomic mass is 16.1. The first-order valence-corrected chi connectivity index (χ1v) is 7.99. The third-order valence-electron chi connectivity index (χ3n) is 5.43. The summed E-state index contributed by atoms with van der Waals surface area (Å²) in [5.41, 5.74) is 2.70. The van der Waals surface area contributed by atoms with Crippen LogP contribution in [0.25, 0.3) is 0 Å². The van der Waals surface area contributed by atoms with Crippen LogP contribution in [0.15, 0.2) is 24.3 Å². The van der Waals surface area contributed by atoms with Crippen LogP contribution in [0.4, 0.5) is 0 Å². The van der Waals surface area contributed by atoms with Crippen LogP contribution in [0.5, 0.6) is 0 Å². The molecular weight excluding hydrogens is 246 g/mol. The Bertz CT molecular complexity index is 496. The fourth-order valence-electron chi connectivity index (χ4n) is 3.75. The number of rotatable bonds is 2. The van der Waals surface area contributed by atoms with Crippen molar-refractivity contribution in [3.63, 3.8) is 0 Å². The van der Waals surface area contributed by atoms with Gasteiger partial charge in [-0.3, -0.25) is 4.79 Å². The lowest BCUT2D eigenvalue weighted by molar-refractivity contribution is -0.126. The molecule has 108 valence electrons. The van der Waals surface area contributed by atoms with Gasteiger partial charge in [-0.05, 0) is 48.6 Å². The predicted molar refractivity (Wildman–Crippen MR) is 81.4 cm³/mol. The van der Waals surface area contributed by atoms with Crippen molar-refractivity contribution in [3.8, 4) is 0 Å². The highest BCUT2D eigenvalue weighted by Gasteiger charge is 2.34. The normalized spacial score (nSPS) is 33.5. The van der Waals surface area contributed by atoms with E-state index in [1.807, 2.05) is 0 Å². The second-order valence-corrected chi connectivity index (χ2v) is 6.77. The van der Waals surface area contributed by atoms with Gasteiger partial charge in [0.15, 0.2) is 5.78 Å². The molecule has 2 heteroatoms. The second-order valence-electron chi connectivity index (χ2n) is 6.77. The van der Waals surface area contributed by atoms with Crippen molar-refractivity contribution in [3.05, 3.63) is 35.4 Å². The van der Waals surface area contributed by atoms with Crippen LogP contribution < -0.4 is 5.32 Å². The fourth-order valence-corrected chi connectivity index (χ4v) is 3.75. The number of benzene rings is 1. The summed E-state index contributed by atoms with van der Waals surface area (Å²) in [6.07, 6.45) is 4.25. The summed E-state index contributed by atoms with van der Waals surface area (Å²) >= 11 is 0. The molecule has 3 rings (SSSR count). The van der Waals surface area contributed by atoms with E-state index >= 15 is 0 Å². The third-order valence-corrected chi connectivity index (χ3v) is 5.43. The average molecular weight is 271 g/mol.